The maximum absolute atomic E-state index is 12.4. The predicted octanol–water partition coefficient (Wildman–Crippen LogP) is 3.13. The van der Waals surface area contributed by atoms with E-state index in [9.17, 15) is 9.59 Å². The topological polar surface area (TPSA) is 92.3 Å². The Hall–Kier alpha value is -2.26. The second-order valence-electron chi connectivity index (χ2n) is 8.85. The highest BCUT2D eigenvalue weighted by molar-refractivity contribution is 6.64. The molecule has 160 valence electrons. The first-order valence-corrected chi connectivity index (χ1v) is 9.36. The minimum atomic E-state index is -0.820. The standard InChI is InChI=1S/C20H30BNO7/c1-18(2,3)27-17(24)22-14-11-15(25-8)12(16(23)26-9)10-13(14)21-28-19(4,5)20(6,7)29-21/h10-11H,1-9H3,(H,22,24). The first-order valence-electron chi connectivity index (χ1n) is 9.36. The summed E-state index contributed by atoms with van der Waals surface area (Å²) in [5, 5.41) is 2.70. The van der Waals surface area contributed by atoms with E-state index in [1.54, 1.807) is 26.8 Å². The molecule has 8 nitrogen and oxygen atoms in total. The van der Waals surface area contributed by atoms with Crippen LogP contribution in [0.2, 0.25) is 0 Å². The lowest BCUT2D eigenvalue weighted by molar-refractivity contribution is 0.00578. The molecule has 1 aromatic rings. The second kappa shape index (κ2) is 7.87. The quantitative estimate of drug-likeness (QED) is 0.606. The molecule has 0 atom stereocenters. The third-order valence-corrected chi connectivity index (χ3v) is 4.92. The zero-order valence-corrected chi connectivity index (χ0v) is 18.6. The van der Waals surface area contributed by atoms with E-state index in [2.05, 4.69) is 5.32 Å². The molecule has 0 radical (unpaired) electrons. The van der Waals surface area contributed by atoms with Crippen molar-refractivity contribution < 1.29 is 33.1 Å². The number of carbonyl (C=O) groups excluding carboxylic acids is 2. The van der Waals surface area contributed by atoms with Gasteiger partial charge < -0.3 is 23.5 Å². The van der Waals surface area contributed by atoms with E-state index in [0.717, 1.165) is 0 Å². The van der Waals surface area contributed by atoms with Crippen LogP contribution in [0, 0.1) is 0 Å². The number of anilines is 1. The van der Waals surface area contributed by atoms with Crippen LogP contribution in [0.25, 0.3) is 0 Å². The van der Waals surface area contributed by atoms with Crippen molar-refractivity contribution in [3.63, 3.8) is 0 Å². The Morgan fingerprint density at radius 2 is 1.59 bits per heavy atom. The molecule has 0 unspecified atom stereocenters. The summed E-state index contributed by atoms with van der Waals surface area (Å²) in [6, 6.07) is 3.07. The summed E-state index contributed by atoms with van der Waals surface area (Å²) in [7, 11) is 1.88. The zero-order chi connectivity index (χ0) is 22.2. The Morgan fingerprint density at radius 3 is 2.03 bits per heavy atom. The van der Waals surface area contributed by atoms with Gasteiger partial charge in [0.1, 0.15) is 16.9 Å². The largest absolute Gasteiger partial charge is 0.497 e. The lowest BCUT2D eigenvalue weighted by Crippen LogP contribution is -2.41. The van der Waals surface area contributed by atoms with Crippen molar-refractivity contribution in [2.75, 3.05) is 19.5 Å². The van der Waals surface area contributed by atoms with Gasteiger partial charge in [-0.15, -0.1) is 0 Å². The van der Waals surface area contributed by atoms with Crippen molar-refractivity contribution in [1.82, 2.24) is 0 Å². The monoisotopic (exact) mass is 407 g/mol. The Balaban J connectivity index is 2.53. The molecule has 1 aliphatic rings. The van der Waals surface area contributed by atoms with E-state index < -0.39 is 36.0 Å². The van der Waals surface area contributed by atoms with E-state index in [0.29, 0.717) is 11.2 Å². The number of carbonyl (C=O) groups is 2. The third-order valence-electron chi connectivity index (χ3n) is 4.92. The first kappa shape index (κ1) is 23.0. The van der Waals surface area contributed by atoms with E-state index in [1.807, 2.05) is 27.7 Å². The van der Waals surface area contributed by atoms with Crippen molar-refractivity contribution >= 4 is 30.3 Å². The van der Waals surface area contributed by atoms with Gasteiger partial charge in [-0.2, -0.15) is 0 Å². The zero-order valence-electron chi connectivity index (χ0n) is 18.6. The van der Waals surface area contributed by atoms with Crippen LogP contribution in [-0.2, 0) is 18.8 Å². The van der Waals surface area contributed by atoms with E-state index in [4.69, 9.17) is 23.5 Å². The maximum atomic E-state index is 12.4. The average molecular weight is 407 g/mol. The van der Waals surface area contributed by atoms with Crippen LogP contribution in [0.5, 0.6) is 5.75 Å². The van der Waals surface area contributed by atoms with Crippen molar-refractivity contribution in [3.8, 4) is 5.75 Å². The van der Waals surface area contributed by atoms with Gasteiger partial charge in [0.15, 0.2) is 0 Å². The molecule has 0 aliphatic carbocycles. The molecule has 0 spiro atoms. The van der Waals surface area contributed by atoms with Gasteiger partial charge in [-0.05, 0) is 54.5 Å². The molecule has 2 rings (SSSR count). The lowest BCUT2D eigenvalue weighted by atomic mass is 9.76. The number of methoxy groups -OCH3 is 2. The molecule has 1 aliphatic heterocycles. The number of ether oxygens (including phenoxy) is 3. The Morgan fingerprint density at radius 1 is 1.03 bits per heavy atom. The van der Waals surface area contributed by atoms with E-state index in [1.165, 1.54) is 20.3 Å². The Kier molecular flexibility index (Phi) is 6.25. The molecule has 1 saturated heterocycles. The summed E-state index contributed by atoms with van der Waals surface area (Å²) in [4.78, 5) is 24.6. The Labute approximate surface area is 172 Å². The van der Waals surface area contributed by atoms with Crippen molar-refractivity contribution in [3.05, 3.63) is 17.7 Å². The highest BCUT2D eigenvalue weighted by Gasteiger charge is 2.52. The van der Waals surface area contributed by atoms with Crippen molar-refractivity contribution in [1.29, 1.82) is 0 Å². The van der Waals surface area contributed by atoms with Crippen LogP contribution < -0.4 is 15.5 Å². The summed E-state index contributed by atoms with van der Waals surface area (Å²) >= 11 is 0. The number of benzene rings is 1. The normalized spacial score (nSPS) is 17.6. The molecule has 0 bridgehead atoms. The fourth-order valence-corrected chi connectivity index (χ4v) is 2.72. The number of nitrogens with one attached hydrogen (secondary N) is 1. The summed E-state index contributed by atoms with van der Waals surface area (Å²) in [5.74, 6) is -0.341. The lowest BCUT2D eigenvalue weighted by Gasteiger charge is -2.32. The fraction of sp³-hybridized carbons (Fsp3) is 0.600. The number of esters is 1. The van der Waals surface area contributed by atoms with Crippen molar-refractivity contribution in [2.45, 2.75) is 65.3 Å². The first-order chi connectivity index (χ1) is 13.2. The maximum Gasteiger partial charge on any atom is 0.497 e. The molecule has 1 N–H and O–H groups in total. The fourth-order valence-electron chi connectivity index (χ4n) is 2.72. The smallest absolute Gasteiger partial charge is 0.496 e. The minimum absolute atomic E-state index is 0.189. The van der Waals surface area contributed by atoms with Crippen LogP contribution >= 0.6 is 0 Å². The third kappa shape index (κ3) is 5.03. The molecule has 9 heteroatoms. The molecule has 0 aromatic heterocycles. The van der Waals surface area contributed by atoms with Crippen LogP contribution in [0.15, 0.2) is 12.1 Å². The number of amides is 1. The molecule has 1 aromatic carbocycles. The van der Waals surface area contributed by atoms with Crippen LogP contribution in [0.1, 0.15) is 58.8 Å². The highest BCUT2D eigenvalue weighted by Crippen LogP contribution is 2.37. The summed E-state index contributed by atoms with van der Waals surface area (Å²) in [6.45, 7) is 13.0. The van der Waals surface area contributed by atoms with Gasteiger partial charge in [-0.1, -0.05) is 0 Å². The molecular formula is C20H30BNO7. The number of rotatable bonds is 4. The summed E-state index contributed by atoms with van der Waals surface area (Å²) in [5.41, 5.74) is -0.893. The summed E-state index contributed by atoms with van der Waals surface area (Å²) in [6.07, 6.45) is -0.650. The summed E-state index contributed by atoms with van der Waals surface area (Å²) < 4.78 is 27.7. The molecule has 1 heterocycles. The van der Waals surface area contributed by atoms with Gasteiger partial charge in [0, 0.05) is 17.2 Å². The molecular weight excluding hydrogens is 377 g/mol. The highest BCUT2D eigenvalue weighted by atomic mass is 16.7. The van der Waals surface area contributed by atoms with Gasteiger partial charge in [0.05, 0.1) is 25.4 Å². The Bertz CT molecular complexity index is 783. The molecule has 1 fully saturated rings. The van der Waals surface area contributed by atoms with Gasteiger partial charge >= 0.3 is 19.2 Å². The minimum Gasteiger partial charge on any atom is -0.496 e. The van der Waals surface area contributed by atoms with Crippen LogP contribution in [0.3, 0.4) is 0 Å². The average Bonchev–Trinajstić information content (AvgIpc) is 2.79. The van der Waals surface area contributed by atoms with E-state index >= 15 is 0 Å². The molecule has 1 amide bonds. The predicted molar refractivity (Wildman–Crippen MR) is 110 cm³/mol. The SMILES string of the molecule is COC(=O)c1cc(B2OC(C)(C)C(C)(C)O2)c(NC(=O)OC(C)(C)C)cc1OC. The molecule has 0 saturated carbocycles. The number of hydrogen-bond acceptors (Lipinski definition) is 7. The van der Waals surface area contributed by atoms with Gasteiger partial charge in [-0.25, -0.2) is 9.59 Å². The van der Waals surface area contributed by atoms with Crippen LogP contribution in [-0.4, -0.2) is 50.2 Å². The van der Waals surface area contributed by atoms with Gasteiger partial charge in [0.25, 0.3) is 0 Å². The van der Waals surface area contributed by atoms with E-state index in [-0.39, 0.29) is 11.3 Å². The van der Waals surface area contributed by atoms with Crippen LogP contribution in [0.4, 0.5) is 10.5 Å². The number of hydrogen-bond donors (Lipinski definition) is 1. The van der Waals surface area contributed by atoms with Gasteiger partial charge in [0.2, 0.25) is 0 Å². The van der Waals surface area contributed by atoms with Crippen molar-refractivity contribution in [2.24, 2.45) is 0 Å². The molecule has 29 heavy (non-hydrogen) atoms. The second-order valence-corrected chi connectivity index (χ2v) is 8.85. The van der Waals surface area contributed by atoms with Gasteiger partial charge in [-0.3, -0.25) is 5.32 Å².